The van der Waals surface area contributed by atoms with Gasteiger partial charge in [-0.15, -0.1) is 36.4 Å². The maximum atomic E-state index is 3.15. The average Bonchev–Trinajstić information content (AvgIpc) is 3.01. The molecule has 0 spiro atoms. The van der Waals surface area contributed by atoms with Crippen LogP contribution in [0.5, 0.6) is 0 Å². The molecule has 0 fully saturated rings. The van der Waals surface area contributed by atoms with Crippen LogP contribution in [0.25, 0.3) is 33.4 Å². The summed E-state index contributed by atoms with van der Waals surface area (Å²) < 4.78 is 0. The Labute approximate surface area is 234 Å². The maximum Gasteiger partial charge on any atom is 0 e. The number of hydrogen-bond donors (Lipinski definition) is 0. The zero-order valence-electron chi connectivity index (χ0n) is 20.2. The van der Waals surface area contributed by atoms with Crippen molar-refractivity contribution in [3.63, 3.8) is 0 Å². The summed E-state index contributed by atoms with van der Waals surface area (Å²) in [6.45, 7) is 0. The van der Waals surface area contributed by atoms with Gasteiger partial charge in [-0.2, -0.15) is 146 Å². The van der Waals surface area contributed by atoms with Crippen LogP contribution in [0, 0.1) is 36.4 Å². The Morgan fingerprint density at radius 3 is 0.514 bits per heavy atom. The van der Waals surface area contributed by atoms with Gasteiger partial charge in [0.25, 0.3) is 0 Å². The van der Waals surface area contributed by atoms with Crippen molar-refractivity contribution >= 4 is 0 Å². The van der Waals surface area contributed by atoms with Gasteiger partial charge in [0.1, 0.15) is 0 Å². The molecule has 0 unspecified atom stereocenters. The molecule has 0 bridgehead atoms. The molecule has 6 aromatic carbocycles. The average molecular weight is 649 g/mol. The molecule has 0 aliphatic rings. The summed E-state index contributed by atoms with van der Waals surface area (Å²) in [5.74, 6) is 0. The van der Waals surface area contributed by atoms with Gasteiger partial charge in [0.2, 0.25) is 0 Å². The molecule has 6 aromatic rings. The van der Waals surface area contributed by atoms with Crippen LogP contribution >= 0.6 is 0 Å². The molecule has 6 rings (SSSR count). The normalized spacial score (nSPS) is 9.41. The van der Waals surface area contributed by atoms with Crippen LogP contribution in [-0.4, -0.2) is 0 Å². The van der Waals surface area contributed by atoms with Gasteiger partial charge in [-0.3, -0.25) is 0 Å². The van der Waals surface area contributed by atoms with Crippen molar-refractivity contribution in [1.29, 1.82) is 0 Å². The van der Waals surface area contributed by atoms with Gasteiger partial charge in [-0.25, -0.2) is 33.4 Å². The van der Waals surface area contributed by atoms with E-state index in [2.05, 4.69) is 36.4 Å². The Hall–Kier alpha value is -4.03. The number of rotatable bonds is 3. The summed E-state index contributed by atoms with van der Waals surface area (Å²) in [5, 5.41) is 0. The first-order valence-electron chi connectivity index (χ1n) is 11.7. The minimum Gasteiger partial charge on any atom is -0.226 e. The Bertz CT molecular complexity index is 1080. The van der Waals surface area contributed by atoms with Gasteiger partial charge in [0.05, 0.1) is 0 Å². The van der Waals surface area contributed by atoms with E-state index in [0.29, 0.717) is 0 Å². The molecule has 0 aliphatic heterocycles. The van der Waals surface area contributed by atoms with Crippen LogP contribution in [-0.2, 0) is 20.1 Å². The molecule has 183 valence electrons. The second-order valence-corrected chi connectivity index (χ2v) is 7.66. The molecular formula is C36H24Ir-6. The Kier molecular flexibility index (Phi) is 11.8. The quantitative estimate of drug-likeness (QED) is 0.168. The minimum absolute atomic E-state index is 0. The first kappa shape index (κ1) is 27.6. The van der Waals surface area contributed by atoms with Crippen molar-refractivity contribution in [1.82, 2.24) is 0 Å². The Morgan fingerprint density at radius 2 is 0.405 bits per heavy atom. The summed E-state index contributed by atoms with van der Waals surface area (Å²) in [4.78, 5) is 0. The monoisotopic (exact) mass is 649 g/mol. The zero-order valence-corrected chi connectivity index (χ0v) is 22.6. The van der Waals surface area contributed by atoms with Crippen molar-refractivity contribution in [2.45, 2.75) is 0 Å². The smallest absolute Gasteiger partial charge is 0 e. The van der Waals surface area contributed by atoms with Crippen LogP contribution in [0.4, 0.5) is 0 Å². The summed E-state index contributed by atoms with van der Waals surface area (Å²) in [6, 6.07) is 66.4. The summed E-state index contributed by atoms with van der Waals surface area (Å²) in [6.07, 6.45) is 0. The van der Waals surface area contributed by atoms with Crippen LogP contribution in [0.2, 0.25) is 0 Å². The van der Waals surface area contributed by atoms with Crippen LogP contribution < -0.4 is 0 Å². The van der Waals surface area contributed by atoms with Gasteiger partial charge < -0.3 is 0 Å². The minimum atomic E-state index is 0. The summed E-state index contributed by atoms with van der Waals surface area (Å²) in [5.41, 5.74) is 6.57. The molecule has 0 aliphatic carbocycles. The van der Waals surface area contributed by atoms with Crippen molar-refractivity contribution in [2.24, 2.45) is 0 Å². The third kappa shape index (κ3) is 9.17. The standard InChI is InChI=1S/3C12H8.Ir/c3*1-3-7-11(8-4-1)12-9-5-2-6-10-12;/h3*1-7,9H;/q3*-2;. The Balaban J connectivity index is 0.000000152. The molecule has 1 heteroatoms. The molecule has 0 heterocycles. The van der Waals surface area contributed by atoms with Gasteiger partial charge in [-0.05, 0) is 0 Å². The van der Waals surface area contributed by atoms with Crippen LogP contribution in [0.15, 0.2) is 146 Å². The van der Waals surface area contributed by atoms with Gasteiger partial charge in [-0.1, -0.05) is 0 Å². The predicted octanol–water partition coefficient (Wildman–Crippen LogP) is 8.86. The van der Waals surface area contributed by atoms with Gasteiger partial charge in [0, 0.05) is 20.1 Å². The molecule has 0 atom stereocenters. The first-order chi connectivity index (χ1) is 17.9. The van der Waals surface area contributed by atoms with Crippen LogP contribution in [0.1, 0.15) is 0 Å². The molecule has 1 radical (unpaired) electrons. The SMILES string of the molecule is [Ir].[c-]1ccccc1-c1[c-]cccc1.[c-]1ccccc1-c1[c-]cccc1.[c-]1ccccc1-c1[c-]cccc1. The van der Waals surface area contributed by atoms with E-state index in [4.69, 9.17) is 0 Å². The van der Waals surface area contributed by atoms with E-state index in [1.807, 2.05) is 146 Å². The molecule has 0 aromatic heterocycles. The van der Waals surface area contributed by atoms with E-state index in [9.17, 15) is 0 Å². The van der Waals surface area contributed by atoms with Gasteiger partial charge in [0.15, 0.2) is 0 Å². The number of benzene rings is 6. The summed E-state index contributed by atoms with van der Waals surface area (Å²) >= 11 is 0. The Morgan fingerprint density at radius 1 is 0.243 bits per heavy atom. The van der Waals surface area contributed by atoms with E-state index in [1.54, 1.807) is 0 Å². The van der Waals surface area contributed by atoms with Gasteiger partial charge >= 0.3 is 0 Å². The largest absolute Gasteiger partial charge is 0.226 e. The maximum absolute atomic E-state index is 3.15. The van der Waals surface area contributed by atoms with Crippen molar-refractivity contribution in [3.8, 4) is 33.4 Å². The van der Waals surface area contributed by atoms with Crippen molar-refractivity contribution in [3.05, 3.63) is 182 Å². The fraction of sp³-hybridized carbons (Fsp3) is 0. The third-order valence-electron chi connectivity index (χ3n) is 5.12. The van der Waals surface area contributed by atoms with Crippen molar-refractivity contribution in [2.75, 3.05) is 0 Å². The second-order valence-electron chi connectivity index (χ2n) is 7.66. The first-order valence-corrected chi connectivity index (χ1v) is 11.7. The van der Waals surface area contributed by atoms with E-state index >= 15 is 0 Å². The fourth-order valence-electron chi connectivity index (χ4n) is 3.37. The second kappa shape index (κ2) is 15.9. The van der Waals surface area contributed by atoms with Crippen LogP contribution in [0.3, 0.4) is 0 Å². The van der Waals surface area contributed by atoms with E-state index < -0.39 is 0 Å². The number of hydrogen-bond acceptors (Lipinski definition) is 0. The fourth-order valence-corrected chi connectivity index (χ4v) is 3.37. The van der Waals surface area contributed by atoms with Crippen molar-refractivity contribution < 1.29 is 20.1 Å². The third-order valence-corrected chi connectivity index (χ3v) is 5.12. The molecule has 0 amide bonds. The van der Waals surface area contributed by atoms with E-state index in [1.165, 1.54) is 0 Å². The molecular weight excluding hydrogens is 625 g/mol. The zero-order chi connectivity index (χ0) is 24.7. The molecule has 37 heavy (non-hydrogen) atoms. The summed E-state index contributed by atoms with van der Waals surface area (Å²) in [7, 11) is 0. The molecule has 0 N–H and O–H groups in total. The molecule has 0 saturated carbocycles. The topological polar surface area (TPSA) is 0 Å². The predicted molar refractivity (Wildman–Crippen MR) is 149 cm³/mol. The van der Waals surface area contributed by atoms with E-state index in [0.717, 1.165) is 33.4 Å². The molecule has 0 saturated heterocycles. The van der Waals surface area contributed by atoms with E-state index in [-0.39, 0.29) is 20.1 Å². The molecule has 0 nitrogen and oxygen atoms in total.